The first-order valence-electron chi connectivity index (χ1n) is 11.6. The van der Waals surface area contributed by atoms with Crippen LogP contribution in [0.3, 0.4) is 0 Å². The Bertz CT molecular complexity index is 1460. The standard InChI is InChI=1S/C30H25NO4/c1-3-19-14-16-22(17-15-19)31-27(21-10-6-11-23(18-21)35-2)26(29(33)30(31)34)28(32)25-13-7-9-20-8-4-5-12-24(20)25/h4-18,27,32H,3H2,1-2H3/b28-26-. The van der Waals surface area contributed by atoms with Crippen LogP contribution >= 0.6 is 0 Å². The number of ketones is 1. The number of hydrogen-bond donors (Lipinski definition) is 1. The molecule has 1 N–H and O–H groups in total. The number of ether oxygens (including phenoxy) is 1. The lowest BCUT2D eigenvalue weighted by atomic mass is 9.93. The maximum absolute atomic E-state index is 13.5. The molecule has 1 amide bonds. The van der Waals surface area contributed by atoms with Crippen LogP contribution in [0.4, 0.5) is 5.69 Å². The third kappa shape index (κ3) is 3.85. The number of fused-ring (bicyclic) bond motifs is 1. The van der Waals surface area contributed by atoms with Crippen molar-refractivity contribution >= 4 is 33.9 Å². The lowest BCUT2D eigenvalue weighted by Crippen LogP contribution is -2.29. The summed E-state index contributed by atoms with van der Waals surface area (Å²) in [5, 5.41) is 13.3. The van der Waals surface area contributed by atoms with E-state index in [0.717, 1.165) is 22.8 Å². The SMILES string of the molecule is CCc1ccc(N2C(=O)C(=O)/C(=C(\O)c3cccc4ccccc34)C2c2cccc(OC)c2)cc1. The van der Waals surface area contributed by atoms with Gasteiger partial charge in [-0.25, -0.2) is 0 Å². The number of carbonyl (C=O) groups excluding carboxylic acids is 2. The van der Waals surface area contributed by atoms with E-state index in [-0.39, 0.29) is 11.3 Å². The summed E-state index contributed by atoms with van der Waals surface area (Å²) >= 11 is 0. The van der Waals surface area contributed by atoms with Gasteiger partial charge in [-0.3, -0.25) is 14.5 Å². The van der Waals surface area contributed by atoms with E-state index >= 15 is 0 Å². The van der Waals surface area contributed by atoms with Crippen molar-refractivity contribution in [2.75, 3.05) is 12.0 Å². The highest BCUT2D eigenvalue weighted by Crippen LogP contribution is 2.43. The van der Waals surface area contributed by atoms with Crippen molar-refractivity contribution in [1.29, 1.82) is 0 Å². The van der Waals surface area contributed by atoms with Crippen molar-refractivity contribution in [2.45, 2.75) is 19.4 Å². The van der Waals surface area contributed by atoms with Crippen molar-refractivity contribution in [3.05, 3.63) is 113 Å². The van der Waals surface area contributed by atoms with E-state index in [2.05, 4.69) is 6.92 Å². The molecule has 5 rings (SSSR count). The Balaban J connectivity index is 1.76. The van der Waals surface area contributed by atoms with Crippen LogP contribution in [0.5, 0.6) is 5.75 Å². The van der Waals surface area contributed by atoms with Crippen LogP contribution in [-0.4, -0.2) is 23.9 Å². The van der Waals surface area contributed by atoms with E-state index in [9.17, 15) is 14.7 Å². The Kier molecular flexibility index (Phi) is 5.83. The molecule has 1 fully saturated rings. The zero-order chi connectivity index (χ0) is 24.5. The number of aryl methyl sites for hydroxylation is 1. The zero-order valence-electron chi connectivity index (χ0n) is 19.6. The van der Waals surface area contributed by atoms with Crippen LogP contribution in [0.15, 0.2) is 96.6 Å². The summed E-state index contributed by atoms with van der Waals surface area (Å²) in [4.78, 5) is 28.3. The van der Waals surface area contributed by atoms with Gasteiger partial charge in [0.1, 0.15) is 11.5 Å². The van der Waals surface area contributed by atoms with Gasteiger partial charge >= 0.3 is 0 Å². The third-order valence-corrected chi connectivity index (χ3v) is 6.52. The first-order chi connectivity index (χ1) is 17.0. The number of Topliss-reactive ketones (excluding diaryl/α,β-unsaturated/α-hetero) is 1. The van der Waals surface area contributed by atoms with Gasteiger partial charge in [0.25, 0.3) is 11.7 Å². The quantitative estimate of drug-likeness (QED) is 0.223. The Morgan fingerprint density at radius 3 is 2.37 bits per heavy atom. The van der Waals surface area contributed by atoms with Gasteiger partial charge in [-0.1, -0.05) is 73.7 Å². The van der Waals surface area contributed by atoms with Gasteiger partial charge in [0.15, 0.2) is 0 Å². The summed E-state index contributed by atoms with van der Waals surface area (Å²) in [6.07, 6.45) is 0.861. The predicted molar refractivity (Wildman–Crippen MR) is 138 cm³/mol. The average Bonchev–Trinajstić information content (AvgIpc) is 3.18. The number of aliphatic hydroxyl groups excluding tert-OH is 1. The zero-order valence-corrected chi connectivity index (χ0v) is 19.6. The molecule has 0 aromatic heterocycles. The van der Waals surface area contributed by atoms with E-state index in [4.69, 9.17) is 4.74 Å². The predicted octanol–water partition coefficient (Wildman–Crippen LogP) is 6.04. The Hall–Kier alpha value is -4.38. The van der Waals surface area contributed by atoms with Crippen molar-refractivity contribution in [1.82, 2.24) is 0 Å². The number of hydrogen-bond acceptors (Lipinski definition) is 4. The van der Waals surface area contributed by atoms with Gasteiger partial charge < -0.3 is 9.84 Å². The lowest BCUT2D eigenvalue weighted by Gasteiger charge is -2.26. The minimum absolute atomic E-state index is 0.0548. The molecule has 0 saturated carbocycles. The maximum Gasteiger partial charge on any atom is 0.300 e. The van der Waals surface area contributed by atoms with E-state index < -0.39 is 17.7 Å². The Labute approximate surface area is 203 Å². The van der Waals surface area contributed by atoms with Crippen LogP contribution in [0, 0.1) is 0 Å². The molecule has 0 aliphatic carbocycles. The molecule has 4 aromatic carbocycles. The molecule has 0 spiro atoms. The number of aliphatic hydroxyl groups is 1. The van der Waals surface area contributed by atoms with Gasteiger partial charge in [-0.15, -0.1) is 0 Å². The number of rotatable bonds is 5. The molecular formula is C30H25NO4. The summed E-state index contributed by atoms with van der Waals surface area (Å²) in [6.45, 7) is 2.06. The molecule has 1 heterocycles. The van der Waals surface area contributed by atoms with Crippen LogP contribution < -0.4 is 9.64 Å². The summed E-state index contributed by atoms with van der Waals surface area (Å²) in [5.41, 5.74) is 2.95. The van der Waals surface area contributed by atoms with Crippen molar-refractivity contribution in [3.8, 4) is 5.75 Å². The lowest BCUT2D eigenvalue weighted by molar-refractivity contribution is -0.132. The first kappa shape index (κ1) is 22.4. The topological polar surface area (TPSA) is 66.8 Å². The Morgan fingerprint density at radius 2 is 1.63 bits per heavy atom. The van der Waals surface area contributed by atoms with E-state index in [1.807, 2.05) is 72.8 Å². The highest BCUT2D eigenvalue weighted by atomic mass is 16.5. The van der Waals surface area contributed by atoms with E-state index in [1.54, 1.807) is 25.3 Å². The molecular weight excluding hydrogens is 438 g/mol. The number of amides is 1. The number of carbonyl (C=O) groups is 2. The van der Waals surface area contributed by atoms with E-state index in [1.165, 1.54) is 4.90 Å². The van der Waals surface area contributed by atoms with Gasteiger partial charge in [0, 0.05) is 11.3 Å². The summed E-state index contributed by atoms with van der Waals surface area (Å²) in [5.74, 6) is -0.994. The minimum atomic E-state index is -0.809. The number of nitrogens with zero attached hydrogens (tertiary/aromatic N) is 1. The van der Waals surface area contributed by atoms with E-state index in [0.29, 0.717) is 22.6 Å². The second-order valence-corrected chi connectivity index (χ2v) is 8.49. The summed E-state index contributed by atoms with van der Waals surface area (Å²) < 4.78 is 5.41. The molecule has 0 radical (unpaired) electrons. The molecule has 0 bridgehead atoms. The summed E-state index contributed by atoms with van der Waals surface area (Å²) in [6, 6.07) is 27.2. The minimum Gasteiger partial charge on any atom is -0.507 e. The highest BCUT2D eigenvalue weighted by molar-refractivity contribution is 6.51. The molecule has 1 atom stereocenters. The van der Waals surface area contributed by atoms with Crippen LogP contribution in [-0.2, 0) is 16.0 Å². The Morgan fingerprint density at radius 1 is 0.914 bits per heavy atom. The molecule has 5 heteroatoms. The van der Waals surface area contributed by atoms with Crippen molar-refractivity contribution < 1.29 is 19.4 Å². The van der Waals surface area contributed by atoms with Gasteiger partial charge in [-0.2, -0.15) is 0 Å². The molecule has 5 nitrogen and oxygen atoms in total. The van der Waals surface area contributed by atoms with Gasteiger partial charge in [-0.05, 0) is 52.6 Å². The van der Waals surface area contributed by atoms with Gasteiger partial charge in [0.05, 0.1) is 18.7 Å². The normalized spacial score (nSPS) is 17.2. The number of methoxy groups -OCH3 is 1. The molecule has 174 valence electrons. The number of benzene rings is 4. The molecule has 1 aliphatic rings. The molecule has 1 aliphatic heterocycles. The molecule has 4 aromatic rings. The second kappa shape index (κ2) is 9.11. The van der Waals surface area contributed by atoms with Gasteiger partial charge in [0.2, 0.25) is 0 Å². The van der Waals surface area contributed by atoms with Crippen molar-refractivity contribution in [3.63, 3.8) is 0 Å². The smallest absolute Gasteiger partial charge is 0.300 e. The third-order valence-electron chi connectivity index (χ3n) is 6.52. The average molecular weight is 464 g/mol. The number of anilines is 1. The van der Waals surface area contributed by atoms with Crippen LogP contribution in [0.25, 0.3) is 16.5 Å². The second-order valence-electron chi connectivity index (χ2n) is 8.49. The fraction of sp³-hybridized carbons (Fsp3) is 0.133. The molecule has 35 heavy (non-hydrogen) atoms. The fourth-order valence-electron chi connectivity index (χ4n) is 4.70. The maximum atomic E-state index is 13.5. The first-order valence-corrected chi connectivity index (χ1v) is 11.6. The fourth-order valence-corrected chi connectivity index (χ4v) is 4.70. The monoisotopic (exact) mass is 463 g/mol. The molecule has 1 unspecified atom stereocenters. The van der Waals surface area contributed by atoms with Crippen LogP contribution in [0.1, 0.15) is 29.7 Å². The molecule has 1 saturated heterocycles. The largest absolute Gasteiger partial charge is 0.507 e. The highest BCUT2D eigenvalue weighted by Gasteiger charge is 2.47. The van der Waals surface area contributed by atoms with Crippen molar-refractivity contribution in [2.24, 2.45) is 0 Å². The summed E-state index contributed by atoms with van der Waals surface area (Å²) in [7, 11) is 1.57. The van der Waals surface area contributed by atoms with Crippen LogP contribution in [0.2, 0.25) is 0 Å².